The minimum absolute atomic E-state index is 0.0666. The molecule has 0 fully saturated rings. The Morgan fingerprint density at radius 2 is 1.92 bits per heavy atom. The molecule has 1 aromatic carbocycles. The van der Waals surface area contributed by atoms with Crippen LogP contribution in [-0.4, -0.2) is 22.3 Å². The molecule has 0 spiro atoms. The molecule has 0 amide bonds. The zero-order valence-electron chi connectivity index (χ0n) is 6.45. The van der Waals surface area contributed by atoms with E-state index in [1.807, 2.05) is 0 Å². The van der Waals surface area contributed by atoms with Gasteiger partial charge in [0.25, 0.3) is 0 Å². The van der Waals surface area contributed by atoms with Crippen molar-refractivity contribution in [3.8, 4) is 5.75 Å². The third-order valence-corrected chi connectivity index (χ3v) is 2.08. The van der Waals surface area contributed by atoms with E-state index >= 15 is 0 Å². The van der Waals surface area contributed by atoms with Gasteiger partial charge in [-0.25, -0.2) is 0 Å². The number of halogens is 1. The third-order valence-electron chi connectivity index (χ3n) is 1.67. The topological polar surface area (TPSA) is 60.7 Å². The number of hydrogen-bond donors (Lipinski definition) is 3. The lowest BCUT2D eigenvalue weighted by Crippen LogP contribution is -2.30. The maximum absolute atomic E-state index is 9.34. The van der Waals surface area contributed by atoms with Gasteiger partial charge in [0.15, 0.2) is 0 Å². The molecular weight excluding hydrogens is 178 g/mol. The van der Waals surface area contributed by atoms with Gasteiger partial charge in [-0.15, -0.1) is 0 Å². The van der Waals surface area contributed by atoms with E-state index < -0.39 is 7.12 Å². The summed E-state index contributed by atoms with van der Waals surface area (Å²) in [6.07, 6.45) is 0. The molecule has 3 N–H and O–H groups in total. The van der Waals surface area contributed by atoms with Crippen LogP contribution in [-0.2, 0) is 0 Å². The molecule has 0 radical (unpaired) electrons. The van der Waals surface area contributed by atoms with E-state index in [9.17, 15) is 5.11 Å². The summed E-state index contributed by atoms with van der Waals surface area (Å²) in [5.74, 6) is -0.169. The first-order valence-corrected chi connectivity index (χ1v) is 3.76. The maximum atomic E-state index is 9.34. The van der Waals surface area contributed by atoms with Gasteiger partial charge in [-0.1, -0.05) is 17.7 Å². The molecule has 0 aliphatic carbocycles. The Morgan fingerprint density at radius 1 is 1.33 bits per heavy atom. The van der Waals surface area contributed by atoms with Crippen LogP contribution >= 0.6 is 11.6 Å². The van der Waals surface area contributed by atoms with Crippen molar-refractivity contribution in [1.82, 2.24) is 0 Å². The summed E-state index contributed by atoms with van der Waals surface area (Å²) < 4.78 is 0. The predicted octanol–water partition coefficient (Wildman–Crippen LogP) is 0.0338. The van der Waals surface area contributed by atoms with Crippen molar-refractivity contribution >= 4 is 24.2 Å². The number of phenolic OH excluding ortho intramolecular Hbond substituents is 1. The van der Waals surface area contributed by atoms with Crippen molar-refractivity contribution in [3.05, 3.63) is 22.7 Å². The molecular formula is C7H8BClO3. The summed E-state index contributed by atoms with van der Waals surface area (Å²) in [5, 5.41) is 27.3. The van der Waals surface area contributed by atoms with Crippen molar-refractivity contribution < 1.29 is 15.2 Å². The predicted molar refractivity (Wildman–Crippen MR) is 47.7 cm³/mol. The first-order chi connectivity index (χ1) is 5.54. The fourth-order valence-corrected chi connectivity index (χ4v) is 1.06. The molecule has 0 bridgehead atoms. The van der Waals surface area contributed by atoms with E-state index in [2.05, 4.69) is 0 Å². The standard InChI is InChI=1S/C7H8BClO3/c1-4-6(9)3-2-5(7(4)10)8(11)12/h2-3,10-12H,1H3. The Labute approximate surface area is 75.4 Å². The van der Waals surface area contributed by atoms with Crippen LogP contribution in [0.25, 0.3) is 0 Å². The summed E-state index contributed by atoms with van der Waals surface area (Å²) in [6.45, 7) is 1.60. The first kappa shape index (κ1) is 9.38. The summed E-state index contributed by atoms with van der Waals surface area (Å²) in [6, 6.07) is 2.88. The molecule has 3 nitrogen and oxygen atoms in total. The van der Waals surface area contributed by atoms with Crippen molar-refractivity contribution in [2.45, 2.75) is 6.92 Å². The van der Waals surface area contributed by atoms with E-state index in [1.54, 1.807) is 6.92 Å². The fraction of sp³-hybridized carbons (Fsp3) is 0.143. The van der Waals surface area contributed by atoms with Crippen LogP contribution in [0.2, 0.25) is 5.02 Å². The molecule has 0 heterocycles. The highest BCUT2D eigenvalue weighted by atomic mass is 35.5. The minimum Gasteiger partial charge on any atom is -0.508 e. The third kappa shape index (κ3) is 1.55. The van der Waals surface area contributed by atoms with E-state index in [4.69, 9.17) is 21.6 Å². The van der Waals surface area contributed by atoms with Crippen LogP contribution in [0.15, 0.2) is 12.1 Å². The normalized spacial score (nSPS) is 10.0. The summed E-state index contributed by atoms with van der Waals surface area (Å²) >= 11 is 5.67. The Kier molecular flexibility index (Phi) is 2.62. The van der Waals surface area contributed by atoms with Gasteiger partial charge >= 0.3 is 7.12 Å². The zero-order chi connectivity index (χ0) is 9.30. The molecule has 0 aliphatic heterocycles. The molecule has 0 saturated carbocycles. The number of benzene rings is 1. The van der Waals surface area contributed by atoms with Crippen molar-refractivity contribution in [2.75, 3.05) is 0 Å². The maximum Gasteiger partial charge on any atom is 0.492 e. The van der Waals surface area contributed by atoms with Gasteiger partial charge in [0, 0.05) is 16.0 Å². The lowest BCUT2D eigenvalue weighted by atomic mass is 9.79. The number of phenols is 1. The molecule has 0 atom stereocenters. The average molecular weight is 186 g/mol. The van der Waals surface area contributed by atoms with Crippen LogP contribution in [0.4, 0.5) is 0 Å². The molecule has 1 aromatic rings. The Bertz CT molecular complexity index is 301. The first-order valence-electron chi connectivity index (χ1n) is 3.38. The zero-order valence-corrected chi connectivity index (χ0v) is 7.21. The number of aromatic hydroxyl groups is 1. The highest BCUT2D eigenvalue weighted by Crippen LogP contribution is 2.22. The van der Waals surface area contributed by atoms with Crippen LogP contribution in [0.1, 0.15) is 5.56 Å². The molecule has 0 unspecified atom stereocenters. The van der Waals surface area contributed by atoms with Gasteiger partial charge < -0.3 is 15.2 Å². The van der Waals surface area contributed by atoms with Crippen molar-refractivity contribution in [2.24, 2.45) is 0 Å². The van der Waals surface area contributed by atoms with Crippen LogP contribution in [0, 0.1) is 6.92 Å². The molecule has 0 aliphatic rings. The molecule has 0 aromatic heterocycles. The van der Waals surface area contributed by atoms with Crippen LogP contribution in [0.5, 0.6) is 5.75 Å². The van der Waals surface area contributed by atoms with Crippen molar-refractivity contribution in [1.29, 1.82) is 0 Å². The van der Waals surface area contributed by atoms with Gasteiger partial charge in [-0.3, -0.25) is 0 Å². The van der Waals surface area contributed by atoms with E-state index in [-0.39, 0.29) is 11.2 Å². The highest BCUT2D eigenvalue weighted by molar-refractivity contribution is 6.59. The molecule has 12 heavy (non-hydrogen) atoms. The Morgan fingerprint density at radius 3 is 2.42 bits per heavy atom. The smallest absolute Gasteiger partial charge is 0.492 e. The summed E-state index contributed by atoms with van der Waals surface area (Å²) in [5.41, 5.74) is 0.513. The Hall–Kier alpha value is -0.705. The molecule has 0 saturated heterocycles. The van der Waals surface area contributed by atoms with Gasteiger partial charge in [0.1, 0.15) is 5.75 Å². The second-order valence-corrected chi connectivity index (χ2v) is 2.89. The van der Waals surface area contributed by atoms with Gasteiger partial charge in [0.05, 0.1) is 0 Å². The molecule has 5 heteroatoms. The molecule has 1 rings (SSSR count). The SMILES string of the molecule is Cc1c(Cl)ccc(B(O)O)c1O. The van der Waals surface area contributed by atoms with Gasteiger partial charge in [-0.2, -0.15) is 0 Å². The average Bonchev–Trinajstić information content (AvgIpc) is 2.00. The quantitative estimate of drug-likeness (QED) is 0.543. The van der Waals surface area contributed by atoms with Crippen molar-refractivity contribution in [3.63, 3.8) is 0 Å². The minimum atomic E-state index is -1.67. The van der Waals surface area contributed by atoms with E-state index in [0.29, 0.717) is 10.6 Å². The second kappa shape index (κ2) is 3.35. The summed E-state index contributed by atoms with van der Waals surface area (Å²) in [4.78, 5) is 0. The van der Waals surface area contributed by atoms with E-state index in [0.717, 1.165) is 0 Å². The number of rotatable bonds is 1. The Balaban J connectivity index is 3.27. The van der Waals surface area contributed by atoms with Crippen LogP contribution in [0.3, 0.4) is 0 Å². The van der Waals surface area contributed by atoms with Gasteiger partial charge in [0.2, 0.25) is 0 Å². The van der Waals surface area contributed by atoms with Crippen LogP contribution < -0.4 is 5.46 Å². The second-order valence-electron chi connectivity index (χ2n) is 2.48. The monoisotopic (exact) mass is 186 g/mol. The van der Waals surface area contributed by atoms with E-state index in [1.165, 1.54) is 12.1 Å². The lowest BCUT2D eigenvalue weighted by Gasteiger charge is -2.06. The largest absolute Gasteiger partial charge is 0.508 e. The highest BCUT2D eigenvalue weighted by Gasteiger charge is 2.17. The summed E-state index contributed by atoms with van der Waals surface area (Å²) in [7, 11) is -1.67. The number of hydrogen-bond acceptors (Lipinski definition) is 3. The lowest BCUT2D eigenvalue weighted by molar-refractivity contribution is 0.419. The molecule has 64 valence electrons. The fourth-order valence-electron chi connectivity index (χ4n) is 0.905. The van der Waals surface area contributed by atoms with Gasteiger partial charge in [-0.05, 0) is 13.0 Å².